The van der Waals surface area contributed by atoms with Gasteiger partial charge in [-0.2, -0.15) is 0 Å². The van der Waals surface area contributed by atoms with E-state index in [2.05, 4.69) is 17.4 Å². The lowest BCUT2D eigenvalue weighted by Gasteiger charge is -2.14. The van der Waals surface area contributed by atoms with Gasteiger partial charge in [0.15, 0.2) is 0 Å². The van der Waals surface area contributed by atoms with Gasteiger partial charge in [0.1, 0.15) is 0 Å². The van der Waals surface area contributed by atoms with Crippen LogP contribution >= 0.6 is 0 Å². The van der Waals surface area contributed by atoms with Crippen LogP contribution < -0.4 is 5.32 Å². The average molecular weight is 235 g/mol. The van der Waals surface area contributed by atoms with E-state index in [9.17, 15) is 4.79 Å². The maximum Gasteiger partial charge on any atom is 0.303 e. The van der Waals surface area contributed by atoms with E-state index in [1.54, 1.807) is 0 Å². The molecule has 4 heteroatoms. The third-order valence-electron chi connectivity index (χ3n) is 2.93. The third kappa shape index (κ3) is 3.20. The number of carbonyl (C=O) groups is 1. The van der Waals surface area contributed by atoms with Crippen LogP contribution in [0.5, 0.6) is 0 Å². The summed E-state index contributed by atoms with van der Waals surface area (Å²) in [6, 6.07) is 6.32. The molecule has 1 aliphatic heterocycles. The second-order valence-electron chi connectivity index (χ2n) is 4.45. The molecule has 0 bridgehead atoms. The van der Waals surface area contributed by atoms with Gasteiger partial charge in [-0.3, -0.25) is 4.79 Å². The topological polar surface area (TPSA) is 58.6 Å². The molecule has 1 atom stereocenters. The van der Waals surface area contributed by atoms with Crippen LogP contribution in [0.15, 0.2) is 18.2 Å². The van der Waals surface area contributed by atoms with E-state index in [1.807, 2.05) is 13.0 Å². The van der Waals surface area contributed by atoms with Crippen LogP contribution in [0.1, 0.15) is 30.9 Å². The molecule has 1 aliphatic rings. The van der Waals surface area contributed by atoms with Crippen molar-refractivity contribution in [2.24, 2.45) is 0 Å². The summed E-state index contributed by atoms with van der Waals surface area (Å²) in [6.07, 6.45) is 0.825. The minimum Gasteiger partial charge on any atom is -0.481 e. The molecule has 0 aromatic heterocycles. The highest BCUT2D eigenvalue weighted by molar-refractivity contribution is 5.66. The van der Waals surface area contributed by atoms with Gasteiger partial charge in [0.2, 0.25) is 0 Å². The predicted octanol–water partition coefficient (Wildman–Crippen LogP) is 2.38. The minimum atomic E-state index is -0.749. The Morgan fingerprint density at radius 2 is 2.24 bits per heavy atom. The van der Waals surface area contributed by atoms with Crippen LogP contribution in [0.4, 0.5) is 5.69 Å². The molecule has 92 valence electrons. The molecule has 0 amide bonds. The van der Waals surface area contributed by atoms with Crippen molar-refractivity contribution in [2.75, 3.05) is 5.32 Å². The zero-order valence-corrected chi connectivity index (χ0v) is 9.90. The first-order chi connectivity index (χ1) is 8.15. The lowest BCUT2D eigenvalue weighted by Crippen LogP contribution is -2.16. The van der Waals surface area contributed by atoms with Crippen LogP contribution in [0.25, 0.3) is 0 Å². The van der Waals surface area contributed by atoms with Crippen molar-refractivity contribution in [2.45, 2.75) is 39.0 Å². The van der Waals surface area contributed by atoms with Gasteiger partial charge in [0, 0.05) is 18.2 Å². The summed E-state index contributed by atoms with van der Waals surface area (Å²) in [5.41, 5.74) is 3.50. The van der Waals surface area contributed by atoms with Crippen molar-refractivity contribution in [3.8, 4) is 0 Å². The number of nitrogens with one attached hydrogen (secondary N) is 1. The molecule has 1 heterocycles. The van der Waals surface area contributed by atoms with E-state index < -0.39 is 5.97 Å². The first-order valence-corrected chi connectivity index (χ1v) is 5.83. The SMILES string of the molecule is CC(CCC(=O)O)Nc1ccc2c(c1)COC2. The molecular formula is C13H17NO3. The van der Waals surface area contributed by atoms with Crippen molar-refractivity contribution in [1.29, 1.82) is 0 Å². The predicted molar refractivity (Wildman–Crippen MR) is 64.9 cm³/mol. The zero-order chi connectivity index (χ0) is 12.3. The summed E-state index contributed by atoms with van der Waals surface area (Å²) in [4.78, 5) is 10.5. The van der Waals surface area contributed by atoms with Crippen molar-refractivity contribution in [1.82, 2.24) is 0 Å². The molecule has 0 spiro atoms. The Labute approximate surface area is 101 Å². The molecule has 1 aromatic rings. The van der Waals surface area contributed by atoms with E-state index >= 15 is 0 Å². The molecule has 2 N–H and O–H groups in total. The van der Waals surface area contributed by atoms with Crippen molar-refractivity contribution in [3.63, 3.8) is 0 Å². The number of rotatable bonds is 5. The molecule has 4 nitrogen and oxygen atoms in total. The molecular weight excluding hydrogens is 218 g/mol. The first-order valence-electron chi connectivity index (χ1n) is 5.83. The fraction of sp³-hybridized carbons (Fsp3) is 0.462. The van der Waals surface area contributed by atoms with Crippen LogP contribution in [-0.4, -0.2) is 17.1 Å². The molecule has 0 saturated heterocycles. The number of ether oxygens (including phenoxy) is 1. The maximum absolute atomic E-state index is 10.5. The summed E-state index contributed by atoms with van der Waals surface area (Å²) in [7, 11) is 0. The van der Waals surface area contributed by atoms with Gasteiger partial charge < -0.3 is 15.2 Å². The average Bonchev–Trinajstić information content (AvgIpc) is 2.73. The molecule has 0 aliphatic carbocycles. The first kappa shape index (κ1) is 11.9. The van der Waals surface area contributed by atoms with Crippen LogP contribution in [0.3, 0.4) is 0 Å². The van der Waals surface area contributed by atoms with Crippen molar-refractivity contribution in [3.05, 3.63) is 29.3 Å². The summed E-state index contributed by atoms with van der Waals surface area (Å²) in [5.74, 6) is -0.749. The highest BCUT2D eigenvalue weighted by atomic mass is 16.5. The van der Waals surface area contributed by atoms with Crippen LogP contribution in [0.2, 0.25) is 0 Å². The Bertz CT molecular complexity index is 417. The Morgan fingerprint density at radius 3 is 3.00 bits per heavy atom. The van der Waals surface area contributed by atoms with Gasteiger partial charge in [-0.15, -0.1) is 0 Å². The number of hydrogen-bond acceptors (Lipinski definition) is 3. The lowest BCUT2D eigenvalue weighted by molar-refractivity contribution is -0.137. The molecule has 1 unspecified atom stereocenters. The molecule has 2 rings (SSSR count). The quantitative estimate of drug-likeness (QED) is 0.822. The van der Waals surface area contributed by atoms with E-state index in [0.717, 1.165) is 5.69 Å². The summed E-state index contributed by atoms with van der Waals surface area (Å²) < 4.78 is 5.35. The Balaban J connectivity index is 1.92. The second-order valence-corrected chi connectivity index (χ2v) is 4.45. The number of hydrogen-bond donors (Lipinski definition) is 2. The normalized spacial score (nSPS) is 15.4. The monoisotopic (exact) mass is 235 g/mol. The standard InChI is InChI=1S/C13H17NO3/c1-9(2-5-13(15)16)14-12-4-3-10-7-17-8-11(10)6-12/h3-4,6,9,14H,2,5,7-8H2,1H3,(H,15,16). The molecule has 17 heavy (non-hydrogen) atoms. The van der Waals surface area contributed by atoms with Crippen molar-refractivity contribution >= 4 is 11.7 Å². The number of benzene rings is 1. The molecule has 1 aromatic carbocycles. The Morgan fingerprint density at radius 1 is 1.47 bits per heavy atom. The second kappa shape index (κ2) is 5.19. The van der Waals surface area contributed by atoms with Gasteiger partial charge in [0.25, 0.3) is 0 Å². The lowest BCUT2D eigenvalue weighted by atomic mass is 10.1. The van der Waals surface area contributed by atoms with Gasteiger partial charge in [0.05, 0.1) is 13.2 Å². The fourth-order valence-corrected chi connectivity index (χ4v) is 1.96. The fourth-order valence-electron chi connectivity index (χ4n) is 1.96. The highest BCUT2D eigenvalue weighted by Crippen LogP contribution is 2.23. The summed E-state index contributed by atoms with van der Waals surface area (Å²) in [6.45, 7) is 3.37. The van der Waals surface area contributed by atoms with E-state index in [-0.39, 0.29) is 12.5 Å². The molecule has 0 fully saturated rings. The van der Waals surface area contributed by atoms with E-state index in [4.69, 9.17) is 9.84 Å². The van der Waals surface area contributed by atoms with Gasteiger partial charge in [-0.05, 0) is 36.6 Å². The summed E-state index contributed by atoms with van der Waals surface area (Å²) >= 11 is 0. The van der Waals surface area contributed by atoms with E-state index in [0.29, 0.717) is 19.6 Å². The number of fused-ring (bicyclic) bond motifs is 1. The van der Waals surface area contributed by atoms with E-state index in [1.165, 1.54) is 11.1 Å². The van der Waals surface area contributed by atoms with Crippen LogP contribution in [-0.2, 0) is 22.7 Å². The van der Waals surface area contributed by atoms with Gasteiger partial charge in [-0.25, -0.2) is 0 Å². The highest BCUT2D eigenvalue weighted by Gasteiger charge is 2.12. The third-order valence-corrected chi connectivity index (χ3v) is 2.93. The molecule has 0 saturated carbocycles. The Kier molecular flexibility index (Phi) is 3.64. The van der Waals surface area contributed by atoms with Crippen LogP contribution in [0, 0.1) is 0 Å². The van der Waals surface area contributed by atoms with Crippen molar-refractivity contribution < 1.29 is 14.6 Å². The number of aliphatic carboxylic acids is 1. The zero-order valence-electron chi connectivity index (χ0n) is 9.90. The van der Waals surface area contributed by atoms with Gasteiger partial charge in [-0.1, -0.05) is 6.07 Å². The minimum absolute atomic E-state index is 0.159. The largest absolute Gasteiger partial charge is 0.481 e. The Hall–Kier alpha value is -1.55. The summed E-state index contributed by atoms with van der Waals surface area (Å²) in [5, 5.41) is 11.9. The number of carboxylic acids is 1. The molecule has 0 radical (unpaired) electrons. The van der Waals surface area contributed by atoms with Gasteiger partial charge >= 0.3 is 5.97 Å². The number of anilines is 1. The number of carboxylic acid groups (broad SMARTS) is 1. The maximum atomic E-state index is 10.5. The smallest absolute Gasteiger partial charge is 0.303 e.